The van der Waals surface area contributed by atoms with E-state index in [1.165, 1.54) is 18.2 Å². The number of rotatable bonds is 4. The Morgan fingerprint density at radius 2 is 1.76 bits per heavy atom. The molecule has 0 unspecified atom stereocenters. The zero-order chi connectivity index (χ0) is 18.4. The largest absolute Gasteiger partial charge is 0.411 e. The number of carbonyl (C=O) groups is 1. The fraction of sp³-hybridized carbons (Fsp3) is 0.211. The second kappa shape index (κ2) is 7.70. The molecule has 0 atom stereocenters. The number of nitrogens with zero attached hydrogens (tertiary/aromatic N) is 2. The molecule has 0 radical (unpaired) electrons. The van der Waals surface area contributed by atoms with E-state index in [4.69, 9.17) is 5.21 Å². The van der Waals surface area contributed by atoms with E-state index in [-0.39, 0.29) is 16.7 Å². The molecule has 2 N–H and O–H groups in total. The highest BCUT2D eigenvalue weighted by molar-refractivity contribution is 6.38. The highest BCUT2D eigenvalue weighted by Crippen LogP contribution is 2.22. The molecule has 0 heterocycles. The van der Waals surface area contributed by atoms with Crippen LogP contribution < -0.4 is 5.43 Å². The van der Waals surface area contributed by atoms with Gasteiger partial charge < -0.3 is 5.21 Å². The molecular weight excluding hydrogens is 321 g/mol. The van der Waals surface area contributed by atoms with Gasteiger partial charge in [-0.15, -0.1) is 0 Å². The predicted octanol–water partition coefficient (Wildman–Crippen LogP) is 3.72. The van der Waals surface area contributed by atoms with Crippen molar-refractivity contribution in [2.75, 3.05) is 0 Å². The molecule has 0 spiro atoms. The molecule has 25 heavy (non-hydrogen) atoms. The van der Waals surface area contributed by atoms with Gasteiger partial charge in [0.15, 0.2) is 0 Å². The lowest BCUT2D eigenvalue weighted by Gasteiger charge is -2.18. The minimum absolute atomic E-state index is 0.000242. The van der Waals surface area contributed by atoms with Crippen LogP contribution >= 0.6 is 0 Å². The number of benzene rings is 2. The number of nitrogens with one attached hydrogen (secondary N) is 1. The Hall–Kier alpha value is -3.02. The van der Waals surface area contributed by atoms with Crippen molar-refractivity contribution < 1.29 is 14.4 Å². The summed E-state index contributed by atoms with van der Waals surface area (Å²) in [6.07, 6.45) is 0.960. The van der Waals surface area contributed by atoms with E-state index >= 15 is 0 Å². The van der Waals surface area contributed by atoms with E-state index in [0.717, 1.165) is 11.8 Å². The Kier molecular flexibility index (Phi) is 5.64. The van der Waals surface area contributed by atoms with E-state index in [1.54, 1.807) is 18.2 Å². The molecule has 2 rings (SSSR count). The molecule has 0 aliphatic rings. The molecule has 0 aliphatic heterocycles. The molecule has 5 nitrogen and oxygen atoms in total. The van der Waals surface area contributed by atoms with Crippen LogP contribution in [0.3, 0.4) is 0 Å². The molecule has 2 aromatic carbocycles. The summed E-state index contributed by atoms with van der Waals surface area (Å²) < 4.78 is 13.8. The first-order chi connectivity index (χ1) is 11.8. The van der Waals surface area contributed by atoms with E-state index in [0.29, 0.717) is 5.56 Å². The number of hydrogen-bond acceptors (Lipinski definition) is 4. The van der Waals surface area contributed by atoms with Crippen molar-refractivity contribution in [1.29, 1.82) is 0 Å². The lowest BCUT2D eigenvalue weighted by Crippen LogP contribution is -2.21. The highest BCUT2D eigenvalue weighted by atomic mass is 19.1. The van der Waals surface area contributed by atoms with Crippen LogP contribution in [0.1, 0.15) is 42.3 Å². The van der Waals surface area contributed by atoms with Gasteiger partial charge in [-0.05, 0) is 35.2 Å². The molecule has 130 valence electrons. The monoisotopic (exact) mass is 341 g/mol. The van der Waals surface area contributed by atoms with Crippen molar-refractivity contribution in [1.82, 2.24) is 5.43 Å². The Balaban J connectivity index is 2.20. The summed E-state index contributed by atoms with van der Waals surface area (Å²) in [7, 11) is 0. The third-order valence-electron chi connectivity index (χ3n) is 3.62. The fourth-order valence-corrected chi connectivity index (χ4v) is 2.18. The van der Waals surface area contributed by atoms with Gasteiger partial charge in [0, 0.05) is 11.1 Å². The first-order valence-electron chi connectivity index (χ1n) is 7.74. The molecule has 2 aromatic rings. The van der Waals surface area contributed by atoms with Gasteiger partial charge in [0.25, 0.3) is 5.91 Å². The smallest absolute Gasteiger partial charge is 0.271 e. The van der Waals surface area contributed by atoms with Crippen LogP contribution in [0.2, 0.25) is 0 Å². The summed E-state index contributed by atoms with van der Waals surface area (Å²) in [4.78, 5) is 12.2. The van der Waals surface area contributed by atoms with Crippen LogP contribution in [0.4, 0.5) is 4.39 Å². The second-order valence-electron chi connectivity index (χ2n) is 6.49. The molecule has 0 aromatic heterocycles. The summed E-state index contributed by atoms with van der Waals surface area (Å²) >= 11 is 0. The van der Waals surface area contributed by atoms with Crippen LogP contribution in [-0.4, -0.2) is 23.0 Å². The van der Waals surface area contributed by atoms with E-state index in [1.807, 2.05) is 12.1 Å². The average Bonchev–Trinajstić information content (AvgIpc) is 2.58. The van der Waals surface area contributed by atoms with Crippen molar-refractivity contribution in [3.63, 3.8) is 0 Å². The summed E-state index contributed by atoms with van der Waals surface area (Å²) in [5, 5.41) is 15.5. The Morgan fingerprint density at radius 1 is 1.12 bits per heavy atom. The van der Waals surface area contributed by atoms with Gasteiger partial charge in [-0.3, -0.25) is 4.79 Å². The molecule has 0 fully saturated rings. The van der Waals surface area contributed by atoms with Gasteiger partial charge in [0.1, 0.15) is 11.5 Å². The van der Waals surface area contributed by atoms with Crippen molar-refractivity contribution >= 4 is 17.8 Å². The number of carbonyl (C=O) groups excluding carboxylic acids is 1. The molecule has 6 heteroatoms. The van der Waals surface area contributed by atoms with E-state index in [9.17, 15) is 9.18 Å². The van der Waals surface area contributed by atoms with Gasteiger partial charge in [-0.1, -0.05) is 50.2 Å². The maximum atomic E-state index is 13.8. The van der Waals surface area contributed by atoms with Crippen LogP contribution in [0.15, 0.2) is 58.8 Å². The minimum atomic E-state index is -0.537. The third-order valence-corrected chi connectivity index (χ3v) is 3.62. The Labute approximate surface area is 145 Å². The first kappa shape index (κ1) is 18.3. The van der Waals surface area contributed by atoms with E-state index < -0.39 is 11.7 Å². The van der Waals surface area contributed by atoms with E-state index in [2.05, 4.69) is 36.5 Å². The standard InChI is InChI=1S/C19H20FN3O2/c1-19(2,3)14-10-8-13(9-11-14)18(24)23-22-17(12-21-25)15-6-4-5-7-16(15)20/h4-12,25H,1-3H3,(H,23,24). The number of halogens is 1. The normalized spacial score (nSPS) is 12.4. The number of hydrazone groups is 1. The Morgan fingerprint density at radius 3 is 2.32 bits per heavy atom. The van der Waals surface area contributed by atoms with Gasteiger partial charge in [0.2, 0.25) is 0 Å². The summed E-state index contributed by atoms with van der Waals surface area (Å²) in [6.45, 7) is 6.25. The lowest BCUT2D eigenvalue weighted by molar-refractivity contribution is 0.0955. The zero-order valence-corrected chi connectivity index (χ0v) is 14.3. The molecule has 0 saturated carbocycles. The van der Waals surface area contributed by atoms with Crippen LogP contribution in [-0.2, 0) is 5.41 Å². The van der Waals surface area contributed by atoms with Gasteiger partial charge in [-0.2, -0.15) is 5.10 Å². The third kappa shape index (κ3) is 4.73. The molecule has 1 amide bonds. The predicted molar refractivity (Wildman–Crippen MR) is 95.8 cm³/mol. The van der Waals surface area contributed by atoms with Gasteiger partial charge in [-0.25, -0.2) is 9.82 Å². The SMILES string of the molecule is CC(C)(C)c1ccc(C(=O)NN=C(C=NO)c2ccccc2F)cc1. The average molecular weight is 341 g/mol. The number of amides is 1. The van der Waals surface area contributed by atoms with Gasteiger partial charge in [0.05, 0.1) is 6.21 Å². The lowest BCUT2D eigenvalue weighted by atomic mass is 9.87. The van der Waals surface area contributed by atoms with Crippen LogP contribution in [0.5, 0.6) is 0 Å². The summed E-state index contributed by atoms with van der Waals surface area (Å²) in [5.74, 6) is -0.981. The maximum absolute atomic E-state index is 13.8. The molecule has 0 bridgehead atoms. The first-order valence-corrected chi connectivity index (χ1v) is 7.74. The molecular formula is C19H20FN3O2. The minimum Gasteiger partial charge on any atom is -0.411 e. The maximum Gasteiger partial charge on any atom is 0.271 e. The van der Waals surface area contributed by atoms with Crippen molar-refractivity contribution in [3.8, 4) is 0 Å². The number of hydrogen-bond donors (Lipinski definition) is 2. The van der Waals surface area contributed by atoms with Crippen molar-refractivity contribution in [2.24, 2.45) is 10.3 Å². The second-order valence-corrected chi connectivity index (χ2v) is 6.49. The van der Waals surface area contributed by atoms with Crippen molar-refractivity contribution in [2.45, 2.75) is 26.2 Å². The summed E-state index contributed by atoms with van der Waals surface area (Å²) in [6, 6.07) is 13.0. The van der Waals surface area contributed by atoms with Crippen LogP contribution in [0, 0.1) is 5.82 Å². The van der Waals surface area contributed by atoms with Crippen molar-refractivity contribution in [3.05, 3.63) is 71.0 Å². The molecule has 0 saturated heterocycles. The highest BCUT2D eigenvalue weighted by Gasteiger charge is 2.14. The quantitative estimate of drug-likeness (QED) is 0.505. The zero-order valence-electron chi connectivity index (χ0n) is 14.3. The fourth-order valence-electron chi connectivity index (χ4n) is 2.18. The van der Waals surface area contributed by atoms with Crippen LogP contribution in [0.25, 0.3) is 0 Å². The summed E-state index contributed by atoms with van der Waals surface area (Å²) in [5.41, 5.74) is 3.98. The molecule has 0 aliphatic carbocycles. The Bertz CT molecular complexity index is 806. The van der Waals surface area contributed by atoms with Gasteiger partial charge >= 0.3 is 0 Å². The number of oxime groups is 1. The topological polar surface area (TPSA) is 74.0 Å².